The summed E-state index contributed by atoms with van der Waals surface area (Å²) in [5.74, 6) is -0.0924. The predicted octanol–water partition coefficient (Wildman–Crippen LogP) is 3.69. The van der Waals surface area contributed by atoms with Gasteiger partial charge in [-0.15, -0.1) is 0 Å². The first-order valence-corrected chi connectivity index (χ1v) is 7.52. The molecule has 1 atom stereocenters. The van der Waals surface area contributed by atoms with Crippen LogP contribution in [0.3, 0.4) is 0 Å². The van der Waals surface area contributed by atoms with Crippen LogP contribution in [-0.2, 0) is 14.3 Å². The van der Waals surface area contributed by atoms with E-state index in [2.05, 4.69) is 20.7 Å². The summed E-state index contributed by atoms with van der Waals surface area (Å²) in [6.07, 6.45) is 9.06. The Morgan fingerprint density at radius 1 is 1.06 bits per heavy atom. The average molecular weight is 309 g/mol. The summed E-state index contributed by atoms with van der Waals surface area (Å²) in [5, 5.41) is 0.919. The Morgan fingerprint density at radius 3 is 2.18 bits per heavy atom. The van der Waals surface area contributed by atoms with Gasteiger partial charge in [0, 0.05) is 18.9 Å². The van der Waals surface area contributed by atoms with Crippen molar-refractivity contribution >= 4 is 21.9 Å². The fourth-order valence-electron chi connectivity index (χ4n) is 1.71. The number of halogens is 1. The Bertz CT molecular complexity index is 182. The van der Waals surface area contributed by atoms with E-state index in [0.29, 0.717) is 12.5 Å². The molecule has 0 aliphatic carbocycles. The molecular weight excluding hydrogens is 284 g/mol. The molecule has 0 saturated carbocycles. The molecule has 0 aromatic rings. The first-order chi connectivity index (χ1) is 8.24. The average Bonchev–Trinajstić information content (AvgIpc) is 2.36. The van der Waals surface area contributed by atoms with Crippen LogP contribution in [0.1, 0.15) is 51.4 Å². The molecule has 0 aliphatic rings. The maximum atomic E-state index is 10.8. The van der Waals surface area contributed by atoms with E-state index < -0.39 is 0 Å². The van der Waals surface area contributed by atoms with Crippen molar-refractivity contribution in [2.75, 3.05) is 19.5 Å². The standard InChI is InChI=1S/C13H25BrO3/c1-16-12(11-14)9-7-5-3-4-6-8-10-13(15)17-2/h12H,3-11H2,1-2H3. The van der Waals surface area contributed by atoms with Gasteiger partial charge in [0.2, 0.25) is 0 Å². The maximum absolute atomic E-state index is 10.8. The Morgan fingerprint density at radius 2 is 1.65 bits per heavy atom. The third-order valence-corrected chi connectivity index (χ3v) is 3.61. The van der Waals surface area contributed by atoms with Gasteiger partial charge in [0.1, 0.15) is 0 Å². The number of methoxy groups -OCH3 is 2. The minimum absolute atomic E-state index is 0.0924. The highest BCUT2D eigenvalue weighted by molar-refractivity contribution is 9.09. The molecule has 0 aliphatic heterocycles. The Balaban J connectivity index is 3.16. The first-order valence-electron chi connectivity index (χ1n) is 6.40. The number of rotatable bonds is 11. The van der Waals surface area contributed by atoms with Gasteiger partial charge in [-0.2, -0.15) is 0 Å². The number of unbranched alkanes of at least 4 members (excludes halogenated alkanes) is 5. The number of hydrogen-bond donors (Lipinski definition) is 0. The van der Waals surface area contributed by atoms with Crippen LogP contribution in [0.4, 0.5) is 0 Å². The lowest BCUT2D eigenvalue weighted by Gasteiger charge is -2.11. The summed E-state index contributed by atoms with van der Waals surface area (Å²) in [5.41, 5.74) is 0. The largest absolute Gasteiger partial charge is 0.469 e. The van der Waals surface area contributed by atoms with Gasteiger partial charge in [-0.25, -0.2) is 0 Å². The number of esters is 1. The van der Waals surface area contributed by atoms with E-state index in [1.54, 1.807) is 7.11 Å². The topological polar surface area (TPSA) is 35.5 Å². The lowest BCUT2D eigenvalue weighted by Crippen LogP contribution is -2.11. The highest BCUT2D eigenvalue weighted by Gasteiger charge is 2.04. The van der Waals surface area contributed by atoms with E-state index in [-0.39, 0.29) is 5.97 Å². The van der Waals surface area contributed by atoms with Gasteiger partial charge in [-0.05, 0) is 12.8 Å². The maximum Gasteiger partial charge on any atom is 0.305 e. The lowest BCUT2D eigenvalue weighted by atomic mass is 10.1. The van der Waals surface area contributed by atoms with Crippen LogP contribution >= 0.6 is 15.9 Å². The zero-order valence-corrected chi connectivity index (χ0v) is 12.6. The van der Waals surface area contributed by atoms with E-state index in [4.69, 9.17) is 4.74 Å². The molecule has 0 heterocycles. The van der Waals surface area contributed by atoms with Gasteiger partial charge in [0.05, 0.1) is 13.2 Å². The molecule has 0 radical (unpaired) electrons. The predicted molar refractivity (Wildman–Crippen MR) is 73.5 cm³/mol. The molecular formula is C13H25BrO3. The van der Waals surface area contributed by atoms with Crippen molar-refractivity contribution in [2.45, 2.75) is 57.5 Å². The smallest absolute Gasteiger partial charge is 0.305 e. The highest BCUT2D eigenvalue weighted by Crippen LogP contribution is 2.12. The van der Waals surface area contributed by atoms with Crippen LogP contribution in [0.25, 0.3) is 0 Å². The lowest BCUT2D eigenvalue weighted by molar-refractivity contribution is -0.140. The summed E-state index contributed by atoms with van der Waals surface area (Å²) in [7, 11) is 3.21. The van der Waals surface area contributed by atoms with Crippen LogP contribution in [0.15, 0.2) is 0 Å². The van der Waals surface area contributed by atoms with E-state index in [0.717, 1.165) is 24.6 Å². The Kier molecular flexibility index (Phi) is 12.3. The molecule has 0 bridgehead atoms. The van der Waals surface area contributed by atoms with E-state index in [1.165, 1.54) is 32.8 Å². The zero-order valence-electron chi connectivity index (χ0n) is 11.0. The van der Waals surface area contributed by atoms with Crippen molar-refractivity contribution in [2.24, 2.45) is 0 Å². The van der Waals surface area contributed by atoms with Gasteiger partial charge in [0.15, 0.2) is 0 Å². The van der Waals surface area contributed by atoms with Gasteiger partial charge in [0.25, 0.3) is 0 Å². The molecule has 4 heteroatoms. The Labute approximate surface area is 113 Å². The van der Waals surface area contributed by atoms with Crippen molar-refractivity contribution < 1.29 is 14.3 Å². The number of carbonyl (C=O) groups is 1. The van der Waals surface area contributed by atoms with Crippen LogP contribution in [0.2, 0.25) is 0 Å². The third-order valence-electron chi connectivity index (χ3n) is 2.89. The minimum Gasteiger partial charge on any atom is -0.469 e. The van der Waals surface area contributed by atoms with Crippen molar-refractivity contribution in [1.29, 1.82) is 0 Å². The summed E-state index contributed by atoms with van der Waals surface area (Å²) >= 11 is 3.43. The van der Waals surface area contributed by atoms with E-state index >= 15 is 0 Å². The van der Waals surface area contributed by atoms with Crippen molar-refractivity contribution in [3.05, 3.63) is 0 Å². The van der Waals surface area contributed by atoms with Gasteiger partial charge >= 0.3 is 5.97 Å². The number of hydrogen-bond acceptors (Lipinski definition) is 3. The van der Waals surface area contributed by atoms with Crippen LogP contribution in [0.5, 0.6) is 0 Å². The first kappa shape index (κ1) is 16.9. The molecule has 102 valence electrons. The molecule has 17 heavy (non-hydrogen) atoms. The second-order valence-corrected chi connectivity index (χ2v) is 4.90. The van der Waals surface area contributed by atoms with Crippen molar-refractivity contribution in [1.82, 2.24) is 0 Å². The van der Waals surface area contributed by atoms with E-state index in [1.807, 2.05) is 0 Å². The van der Waals surface area contributed by atoms with Gasteiger partial charge < -0.3 is 9.47 Å². The highest BCUT2D eigenvalue weighted by atomic mass is 79.9. The fraction of sp³-hybridized carbons (Fsp3) is 0.923. The SMILES string of the molecule is COC(=O)CCCCCCCCC(CBr)OC. The zero-order chi connectivity index (χ0) is 12.9. The molecule has 0 aromatic heterocycles. The molecule has 0 N–H and O–H groups in total. The molecule has 0 amide bonds. The third kappa shape index (κ3) is 10.8. The molecule has 3 nitrogen and oxygen atoms in total. The van der Waals surface area contributed by atoms with Crippen LogP contribution in [0, 0.1) is 0 Å². The monoisotopic (exact) mass is 308 g/mol. The second-order valence-electron chi connectivity index (χ2n) is 4.25. The number of alkyl halides is 1. The Hall–Kier alpha value is -0.0900. The summed E-state index contributed by atoms with van der Waals surface area (Å²) < 4.78 is 9.87. The molecule has 0 fully saturated rings. The number of ether oxygens (including phenoxy) is 2. The molecule has 0 rings (SSSR count). The van der Waals surface area contributed by atoms with E-state index in [9.17, 15) is 4.79 Å². The van der Waals surface area contributed by atoms with Crippen LogP contribution in [-0.4, -0.2) is 31.6 Å². The summed E-state index contributed by atoms with van der Waals surface area (Å²) in [4.78, 5) is 10.8. The van der Waals surface area contributed by atoms with Gasteiger partial charge in [-0.1, -0.05) is 48.0 Å². The second kappa shape index (κ2) is 12.4. The fourth-order valence-corrected chi connectivity index (χ4v) is 2.30. The van der Waals surface area contributed by atoms with Gasteiger partial charge in [-0.3, -0.25) is 4.79 Å². The molecule has 0 saturated heterocycles. The van der Waals surface area contributed by atoms with Crippen LogP contribution < -0.4 is 0 Å². The molecule has 0 spiro atoms. The van der Waals surface area contributed by atoms with Crippen molar-refractivity contribution in [3.8, 4) is 0 Å². The molecule has 1 unspecified atom stereocenters. The molecule has 0 aromatic carbocycles. The number of carbonyl (C=O) groups excluding carboxylic acids is 1. The summed E-state index contributed by atoms with van der Waals surface area (Å²) in [6.45, 7) is 0. The summed E-state index contributed by atoms with van der Waals surface area (Å²) in [6, 6.07) is 0. The quantitative estimate of drug-likeness (QED) is 0.332. The minimum atomic E-state index is -0.0924. The van der Waals surface area contributed by atoms with Crippen molar-refractivity contribution in [3.63, 3.8) is 0 Å². The normalized spacial score (nSPS) is 12.4.